The van der Waals surface area contributed by atoms with Crippen molar-refractivity contribution in [2.75, 3.05) is 6.54 Å². The summed E-state index contributed by atoms with van der Waals surface area (Å²) in [6.07, 6.45) is 14.1. The number of aliphatic imine (C=N–C) groups is 1. The van der Waals surface area contributed by atoms with Crippen molar-refractivity contribution in [2.24, 2.45) is 22.2 Å². The Kier molecular flexibility index (Phi) is 3.82. The third kappa shape index (κ3) is 2.66. The average molecular weight is 259 g/mol. The van der Waals surface area contributed by atoms with E-state index in [0.717, 1.165) is 18.4 Å². The molecule has 0 unspecified atom stereocenters. The molecule has 0 aliphatic heterocycles. The number of hydrogen-bond acceptors (Lipinski definition) is 1. The zero-order chi connectivity index (χ0) is 13.3. The average Bonchev–Trinajstić information content (AvgIpc) is 3.07. The molecule has 0 heterocycles. The lowest BCUT2D eigenvalue weighted by atomic mass is 9.78. The molecule has 3 aliphatic carbocycles. The molecule has 1 nitrogen and oxygen atoms in total. The largest absolute Gasteiger partial charge is 0.290 e. The van der Waals surface area contributed by atoms with Crippen LogP contribution >= 0.6 is 0 Å². The van der Waals surface area contributed by atoms with E-state index in [1.54, 1.807) is 0 Å². The van der Waals surface area contributed by atoms with E-state index in [0.29, 0.717) is 5.41 Å². The zero-order valence-corrected chi connectivity index (χ0v) is 12.6. The van der Waals surface area contributed by atoms with Crippen molar-refractivity contribution in [3.05, 3.63) is 12.2 Å². The van der Waals surface area contributed by atoms with E-state index in [-0.39, 0.29) is 0 Å². The molecule has 3 aliphatic rings. The summed E-state index contributed by atoms with van der Waals surface area (Å²) in [7, 11) is 0. The fraction of sp³-hybridized carbons (Fsp3) is 0.833. The molecule has 19 heavy (non-hydrogen) atoms. The summed E-state index contributed by atoms with van der Waals surface area (Å²) in [4.78, 5) is 4.92. The first-order chi connectivity index (χ1) is 9.20. The van der Waals surface area contributed by atoms with Crippen molar-refractivity contribution in [3.8, 4) is 0 Å². The first-order valence-corrected chi connectivity index (χ1v) is 8.39. The Labute approximate surface area is 118 Å². The van der Waals surface area contributed by atoms with E-state index in [1.807, 2.05) is 0 Å². The molecule has 0 aromatic heterocycles. The molecule has 0 aromatic carbocycles. The lowest BCUT2D eigenvalue weighted by Gasteiger charge is -2.29. The van der Waals surface area contributed by atoms with Gasteiger partial charge in [0.15, 0.2) is 0 Å². The van der Waals surface area contributed by atoms with Crippen LogP contribution in [0.4, 0.5) is 0 Å². The molecule has 3 fully saturated rings. The van der Waals surface area contributed by atoms with Crippen LogP contribution in [0.1, 0.15) is 71.1 Å². The van der Waals surface area contributed by atoms with Crippen molar-refractivity contribution >= 4 is 5.71 Å². The monoisotopic (exact) mass is 259 g/mol. The fourth-order valence-electron chi connectivity index (χ4n) is 4.73. The Bertz CT molecular complexity index is 365. The topological polar surface area (TPSA) is 12.4 Å². The van der Waals surface area contributed by atoms with Gasteiger partial charge in [-0.1, -0.05) is 25.8 Å². The van der Waals surface area contributed by atoms with Gasteiger partial charge in [0.25, 0.3) is 0 Å². The van der Waals surface area contributed by atoms with E-state index >= 15 is 0 Å². The Hall–Kier alpha value is -0.590. The van der Waals surface area contributed by atoms with Gasteiger partial charge in [-0.2, -0.15) is 0 Å². The van der Waals surface area contributed by atoms with E-state index in [9.17, 15) is 0 Å². The first kappa shape index (κ1) is 13.4. The van der Waals surface area contributed by atoms with Crippen LogP contribution in [-0.2, 0) is 0 Å². The van der Waals surface area contributed by atoms with Gasteiger partial charge >= 0.3 is 0 Å². The first-order valence-electron chi connectivity index (χ1n) is 8.39. The van der Waals surface area contributed by atoms with E-state index in [4.69, 9.17) is 4.99 Å². The highest BCUT2D eigenvalue weighted by Gasteiger charge is 2.46. The molecule has 1 heteroatoms. The van der Waals surface area contributed by atoms with E-state index < -0.39 is 0 Å². The maximum atomic E-state index is 4.92. The van der Waals surface area contributed by atoms with Crippen LogP contribution in [0.3, 0.4) is 0 Å². The summed E-state index contributed by atoms with van der Waals surface area (Å²) in [5.74, 6) is 1.79. The summed E-state index contributed by atoms with van der Waals surface area (Å²) < 4.78 is 0. The molecule has 3 saturated carbocycles. The second-order valence-corrected chi connectivity index (χ2v) is 7.32. The predicted octanol–water partition coefficient (Wildman–Crippen LogP) is 5.16. The lowest BCUT2D eigenvalue weighted by Crippen LogP contribution is -2.20. The smallest absolute Gasteiger partial charge is 0.0601 e. The van der Waals surface area contributed by atoms with Crippen LogP contribution in [0.15, 0.2) is 17.1 Å². The number of rotatable bonds is 4. The maximum Gasteiger partial charge on any atom is 0.0601 e. The summed E-state index contributed by atoms with van der Waals surface area (Å²) in [5, 5.41) is 0. The Morgan fingerprint density at radius 3 is 2.37 bits per heavy atom. The lowest BCUT2D eigenvalue weighted by molar-refractivity contribution is 0.356. The van der Waals surface area contributed by atoms with Crippen LogP contribution in [0, 0.1) is 17.3 Å². The Morgan fingerprint density at radius 1 is 1.11 bits per heavy atom. The molecule has 0 atom stereocenters. The van der Waals surface area contributed by atoms with Gasteiger partial charge in [0.05, 0.1) is 6.54 Å². The molecule has 2 bridgehead atoms. The van der Waals surface area contributed by atoms with Gasteiger partial charge in [-0.25, -0.2) is 0 Å². The van der Waals surface area contributed by atoms with E-state index in [1.165, 1.54) is 75.5 Å². The van der Waals surface area contributed by atoms with Crippen LogP contribution < -0.4 is 0 Å². The third-order valence-electron chi connectivity index (χ3n) is 6.21. The zero-order valence-electron chi connectivity index (χ0n) is 12.6. The molecule has 0 radical (unpaired) electrons. The molecular weight excluding hydrogens is 230 g/mol. The predicted molar refractivity (Wildman–Crippen MR) is 82.7 cm³/mol. The minimum Gasteiger partial charge on any atom is -0.290 e. The van der Waals surface area contributed by atoms with Crippen LogP contribution in [-0.4, -0.2) is 12.3 Å². The van der Waals surface area contributed by atoms with Crippen molar-refractivity contribution in [1.29, 1.82) is 0 Å². The van der Waals surface area contributed by atoms with Gasteiger partial charge in [0.2, 0.25) is 0 Å². The van der Waals surface area contributed by atoms with Crippen LogP contribution in [0.25, 0.3) is 0 Å². The van der Waals surface area contributed by atoms with Crippen LogP contribution in [0.5, 0.6) is 0 Å². The Morgan fingerprint density at radius 2 is 1.79 bits per heavy atom. The standard InChI is InChI=1S/C18H29N/c1-14(18-10-8-16(12-18)9-11-18)13-19-15(2)17-6-4-3-5-7-17/h16-17H,1,3-13H2,2H3. The SMILES string of the molecule is C=C(CN=C(C)C1CCCCC1)C12CCC(CC1)C2. The summed E-state index contributed by atoms with van der Waals surface area (Å²) in [6.45, 7) is 7.59. The molecule has 3 rings (SSSR count). The second kappa shape index (κ2) is 5.42. The maximum absolute atomic E-state index is 4.92. The van der Waals surface area contributed by atoms with Crippen molar-refractivity contribution in [2.45, 2.75) is 71.1 Å². The third-order valence-corrected chi connectivity index (χ3v) is 6.21. The summed E-state index contributed by atoms with van der Waals surface area (Å²) >= 11 is 0. The van der Waals surface area contributed by atoms with Gasteiger partial charge in [-0.15, -0.1) is 0 Å². The molecule has 0 aromatic rings. The molecule has 0 amide bonds. The second-order valence-electron chi connectivity index (χ2n) is 7.32. The van der Waals surface area contributed by atoms with Gasteiger partial charge in [-0.05, 0) is 74.7 Å². The Balaban J connectivity index is 1.57. The van der Waals surface area contributed by atoms with Gasteiger partial charge in [0.1, 0.15) is 0 Å². The minimum atomic E-state index is 0.501. The number of nitrogens with zero attached hydrogens (tertiary/aromatic N) is 1. The summed E-state index contributed by atoms with van der Waals surface area (Å²) in [6, 6.07) is 0. The normalized spacial score (nSPS) is 35.8. The van der Waals surface area contributed by atoms with Crippen LogP contribution in [0.2, 0.25) is 0 Å². The van der Waals surface area contributed by atoms with Gasteiger partial charge in [-0.3, -0.25) is 4.99 Å². The number of hydrogen-bond donors (Lipinski definition) is 0. The van der Waals surface area contributed by atoms with Crippen molar-refractivity contribution in [3.63, 3.8) is 0 Å². The molecule has 106 valence electrons. The number of fused-ring (bicyclic) bond motifs is 2. The van der Waals surface area contributed by atoms with Gasteiger partial charge < -0.3 is 0 Å². The fourth-order valence-corrected chi connectivity index (χ4v) is 4.73. The van der Waals surface area contributed by atoms with E-state index in [2.05, 4.69) is 13.5 Å². The summed E-state index contributed by atoms with van der Waals surface area (Å²) in [5.41, 5.74) is 3.36. The quantitative estimate of drug-likeness (QED) is 0.488. The molecule has 0 N–H and O–H groups in total. The molecule has 0 saturated heterocycles. The minimum absolute atomic E-state index is 0.501. The van der Waals surface area contributed by atoms with Crippen molar-refractivity contribution < 1.29 is 0 Å². The highest BCUT2D eigenvalue weighted by molar-refractivity contribution is 5.84. The highest BCUT2D eigenvalue weighted by atomic mass is 14.8. The van der Waals surface area contributed by atoms with Gasteiger partial charge in [0, 0.05) is 5.71 Å². The molecular formula is C18H29N. The van der Waals surface area contributed by atoms with Crippen molar-refractivity contribution in [1.82, 2.24) is 0 Å². The molecule has 0 spiro atoms. The highest BCUT2D eigenvalue weighted by Crippen LogP contribution is 2.57.